The Morgan fingerprint density at radius 1 is 1.17 bits per heavy atom. The molecule has 0 unspecified atom stereocenters. The summed E-state index contributed by atoms with van der Waals surface area (Å²) in [5.41, 5.74) is 2.28. The fourth-order valence-electron chi connectivity index (χ4n) is 2.10. The largest absolute Gasteiger partial charge is 0.465 e. The molecule has 2 aromatic carbocycles. The number of benzene rings is 2. The Labute approximate surface area is 137 Å². The molecule has 1 aromatic heterocycles. The highest BCUT2D eigenvalue weighted by molar-refractivity contribution is 6.30. The molecule has 23 heavy (non-hydrogen) atoms. The van der Waals surface area contributed by atoms with Gasteiger partial charge in [-0.1, -0.05) is 23.7 Å². The van der Waals surface area contributed by atoms with Crippen LogP contribution in [0.25, 0.3) is 10.9 Å². The van der Waals surface area contributed by atoms with Gasteiger partial charge in [0, 0.05) is 28.8 Å². The summed E-state index contributed by atoms with van der Waals surface area (Å²) in [7, 11) is 0. The highest BCUT2D eigenvalue weighted by atomic mass is 35.5. The Morgan fingerprint density at radius 3 is 2.70 bits per heavy atom. The van der Waals surface area contributed by atoms with Gasteiger partial charge < -0.3 is 10.4 Å². The molecule has 0 aliphatic rings. The number of amides is 1. The van der Waals surface area contributed by atoms with Crippen molar-refractivity contribution in [3.63, 3.8) is 0 Å². The molecular formula is C16H13ClN4O2. The molecule has 0 radical (unpaired) electrons. The molecule has 0 saturated carbocycles. The van der Waals surface area contributed by atoms with Gasteiger partial charge in [-0.05, 0) is 35.9 Å². The van der Waals surface area contributed by atoms with Crippen molar-refractivity contribution in [3.05, 3.63) is 59.2 Å². The number of hydrogen-bond donors (Lipinski definition) is 3. The van der Waals surface area contributed by atoms with Crippen molar-refractivity contribution >= 4 is 40.2 Å². The molecule has 7 heteroatoms. The van der Waals surface area contributed by atoms with E-state index in [0.29, 0.717) is 23.2 Å². The third-order valence-electron chi connectivity index (χ3n) is 3.19. The molecule has 0 saturated heterocycles. The van der Waals surface area contributed by atoms with E-state index in [0.717, 1.165) is 16.5 Å². The van der Waals surface area contributed by atoms with E-state index in [2.05, 4.69) is 20.6 Å². The second kappa shape index (κ2) is 6.50. The Kier molecular flexibility index (Phi) is 4.25. The zero-order chi connectivity index (χ0) is 16.2. The number of fused-ring (bicyclic) bond motifs is 1. The SMILES string of the molecule is O=C(O)Nc1ccc2nc(NCc3ccc(Cl)cc3)ncc2c1. The molecule has 0 bridgehead atoms. The van der Waals surface area contributed by atoms with Gasteiger partial charge in [-0.25, -0.2) is 14.8 Å². The minimum Gasteiger partial charge on any atom is -0.465 e. The van der Waals surface area contributed by atoms with E-state index in [9.17, 15) is 4.79 Å². The predicted octanol–water partition coefficient (Wildman–Crippen LogP) is 3.99. The lowest BCUT2D eigenvalue weighted by Crippen LogP contribution is -2.07. The second-order valence-corrected chi connectivity index (χ2v) is 5.31. The normalized spacial score (nSPS) is 10.5. The third-order valence-corrected chi connectivity index (χ3v) is 3.45. The van der Waals surface area contributed by atoms with Gasteiger partial charge in [-0.15, -0.1) is 0 Å². The first-order chi connectivity index (χ1) is 11.1. The summed E-state index contributed by atoms with van der Waals surface area (Å²) in [5.74, 6) is 0.506. The van der Waals surface area contributed by atoms with Crippen LogP contribution in [0, 0.1) is 0 Å². The number of nitrogens with zero attached hydrogens (tertiary/aromatic N) is 2. The molecule has 0 aliphatic heterocycles. The van der Waals surface area contributed by atoms with Crippen LogP contribution in [0.2, 0.25) is 5.02 Å². The molecular weight excluding hydrogens is 316 g/mol. The third kappa shape index (κ3) is 3.87. The van der Waals surface area contributed by atoms with E-state index in [1.54, 1.807) is 24.4 Å². The summed E-state index contributed by atoms with van der Waals surface area (Å²) in [6.45, 7) is 0.585. The van der Waals surface area contributed by atoms with Crippen LogP contribution in [-0.4, -0.2) is 21.2 Å². The van der Waals surface area contributed by atoms with Crippen LogP contribution in [0.3, 0.4) is 0 Å². The Hall–Kier alpha value is -2.86. The van der Waals surface area contributed by atoms with Crippen LogP contribution >= 0.6 is 11.6 Å². The number of anilines is 2. The molecule has 0 atom stereocenters. The van der Waals surface area contributed by atoms with Crippen molar-refractivity contribution in [1.82, 2.24) is 9.97 Å². The van der Waals surface area contributed by atoms with Crippen molar-refractivity contribution in [1.29, 1.82) is 0 Å². The highest BCUT2D eigenvalue weighted by Gasteiger charge is 2.03. The van der Waals surface area contributed by atoms with Crippen LogP contribution in [0.4, 0.5) is 16.4 Å². The van der Waals surface area contributed by atoms with Crippen LogP contribution in [0.1, 0.15) is 5.56 Å². The maximum absolute atomic E-state index is 10.6. The van der Waals surface area contributed by atoms with Gasteiger partial charge in [-0.2, -0.15) is 0 Å². The fraction of sp³-hybridized carbons (Fsp3) is 0.0625. The van der Waals surface area contributed by atoms with E-state index >= 15 is 0 Å². The first-order valence-electron chi connectivity index (χ1n) is 6.85. The zero-order valence-corrected chi connectivity index (χ0v) is 12.7. The number of halogens is 1. The average Bonchev–Trinajstić information content (AvgIpc) is 2.54. The van der Waals surface area contributed by atoms with Gasteiger partial charge in [0.05, 0.1) is 5.52 Å². The molecule has 3 N–H and O–H groups in total. The standard InChI is InChI=1S/C16H13ClN4O2/c17-12-3-1-10(2-4-12)8-18-15-19-9-11-7-13(20-16(22)23)5-6-14(11)21-15/h1-7,9,20H,8H2,(H,22,23)(H,18,19,21). The molecule has 3 rings (SSSR count). The van der Waals surface area contributed by atoms with E-state index in [4.69, 9.17) is 16.7 Å². The predicted molar refractivity (Wildman–Crippen MR) is 90.0 cm³/mol. The van der Waals surface area contributed by atoms with E-state index in [1.165, 1.54) is 0 Å². The number of nitrogens with one attached hydrogen (secondary N) is 2. The lowest BCUT2D eigenvalue weighted by Gasteiger charge is -2.07. The van der Waals surface area contributed by atoms with Crippen LogP contribution < -0.4 is 10.6 Å². The monoisotopic (exact) mass is 328 g/mol. The summed E-state index contributed by atoms with van der Waals surface area (Å²) >= 11 is 5.85. The summed E-state index contributed by atoms with van der Waals surface area (Å²) in [6.07, 6.45) is 0.547. The molecule has 0 aliphatic carbocycles. The van der Waals surface area contributed by atoms with Crippen LogP contribution in [0.15, 0.2) is 48.7 Å². The number of carboxylic acid groups (broad SMARTS) is 1. The van der Waals surface area contributed by atoms with Crippen molar-refractivity contribution in [3.8, 4) is 0 Å². The summed E-state index contributed by atoms with van der Waals surface area (Å²) < 4.78 is 0. The number of rotatable bonds is 4. The number of carbonyl (C=O) groups is 1. The molecule has 1 amide bonds. The lowest BCUT2D eigenvalue weighted by atomic mass is 10.2. The Balaban J connectivity index is 1.74. The topological polar surface area (TPSA) is 87.1 Å². The number of aromatic nitrogens is 2. The van der Waals surface area contributed by atoms with Crippen LogP contribution in [0.5, 0.6) is 0 Å². The summed E-state index contributed by atoms with van der Waals surface area (Å²) in [4.78, 5) is 19.3. The van der Waals surface area contributed by atoms with E-state index in [1.807, 2.05) is 24.3 Å². The maximum Gasteiger partial charge on any atom is 0.409 e. The van der Waals surface area contributed by atoms with Gasteiger partial charge in [0.2, 0.25) is 5.95 Å². The van der Waals surface area contributed by atoms with Crippen LogP contribution in [-0.2, 0) is 6.54 Å². The minimum atomic E-state index is -1.11. The van der Waals surface area contributed by atoms with E-state index in [-0.39, 0.29) is 0 Å². The fourth-order valence-corrected chi connectivity index (χ4v) is 2.23. The molecule has 0 spiro atoms. The summed E-state index contributed by atoms with van der Waals surface area (Å²) in [5, 5.41) is 15.6. The quantitative estimate of drug-likeness (QED) is 0.674. The van der Waals surface area contributed by atoms with Crippen molar-refractivity contribution in [2.45, 2.75) is 6.54 Å². The maximum atomic E-state index is 10.6. The summed E-state index contributed by atoms with van der Waals surface area (Å²) in [6, 6.07) is 12.6. The average molecular weight is 329 g/mol. The van der Waals surface area contributed by atoms with Gasteiger partial charge in [-0.3, -0.25) is 5.32 Å². The van der Waals surface area contributed by atoms with Crippen molar-refractivity contribution in [2.75, 3.05) is 10.6 Å². The van der Waals surface area contributed by atoms with Gasteiger partial charge in [0.1, 0.15) is 0 Å². The molecule has 0 fully saturated rings. The second-order valence-electron chi connectivity index (χ2n) is 4.88. The van der Waals surface area contributed by atoms with Crippen molar-refractivity contribution < 1.29 is 9.90 Å². The molecule has 116 valence electrons. The molecule has 1 heterocycles. The van der Waals surface area contributed by atoms with Crippen molar-refractivity contribution in [2.24, 2.45) is 0 Å². The Bertz CT molecular complexity index is 852. The first kappa shape index (κ1) is 15.1. The Morgan fingerprint density at radius 2 is 1.96 bits per heavy atom. The smallest absolute Gasteiger partial charge is 0.409 e. The first-order valence-corrected chi connectivity index (χ1v) is 7.23. The lowest BCUT2D eigenvalue weighted by molar-refractivity contribution is 0.210. The number of hydrogen-bond acceptors (Lipinski definition) is 4. The molecule has 6 nitrogen and oxygen atoms in total. The van der Waals surface area contributed by atoms with E-state index < -0.39 is 6.09 Å². The van der Waals surface area contributed by atoms with Gasteiger partial charge >= 0.3 is 6.09 Å². The zero-order valence-electron chi connectivity index (χ0n) is 12.0. The highest BCUT2D eigenvalue weighted by Crippen LogP contribution is 2.18. The minimum absolute atomic E-state index is 0.482. The van der Waals surface area contributed by atoms with Gasteiger partial charge in [0.15, 0.2) is 0 Å². The van der Waals surface area contributed by atoms with Gasteiger partial charge in [0.25, 0.3) is 0 Å². The molecule has 3 aromatic rings.